The van der Waals surface area contributed by atoms with Gasteiger partial charge in [0, 0.05) is 11.8 Å². The van der Waals surface area contributed by atoms with Crippen molar-refractivity contribution in [2.24, 2.45) is 5.92 Å². The number of carbonyl (C=O) groups is 1. The summed E-state index contributed by atoms with van der Waals surface area (Å²) in [5.41, 5.74) is -0.465. The first-order valence-corrected chi connectivity index (χ1v) is 14.1. The number of methoxy groups -OCH3 is 3. The number of ether oxygens (including phenoxy) is 6. The van der Waals surface area contributed by atoms with Gasteiger partial charge in [-0.2, -0.15) is 5.26 Å². The van der Waals surface area contributed by atoms with Gasteiger partial charge >= 0.3 is 5.97 Å². The lowest BCUT2D eigenvalue weighted by Gasteiger charge is -2.37. The molecule has 1 heterocycles. The van der Waals surface area contributed by atoms with Crippen molar-refractivity contribution in [2.45, 2.75) is 76.5 Å². The number of para-hydroxylation sites is 2. The van der Waals surface area contributed by atoms with Crippen molar-refractivity contribution in [1.82, 2.24) is 0 Å². The lowest BCUT2D eigenvalue weighted by atomic mass is 9.65. The van der Waals surface area contributed by atoms with Crippen molar-refractivity contribution < 1.29 is 38.1 Å². The summed E-state index contributed by atoms with van der Waals surface area (Å²) in [5, 5.41) is 23.2. The van der Waals surface area contributed by atoms with E-state index in [9.17, 15) is 20.2 Å². The number of hydrogen-bond donors (Lipinski definition) is 0. The number of nitrogens with zero attached hydrogens (tertiary/aromatic N) is 2. The van der Waals surface area contributed by atoms with Gasteiger partial charge in [-0.05, 0) is 48.6 Å². The van der Waals surface area contributed by atoms with Gasteiger partial charge in [0.05, 0.1) is 39.2 Å². The van der Waals surface area contributed by atoms with E-state index in [0.29, 0.717) is 47.2 Å². The smallest absolute Gasteiger partial charge is 0.303 e. The van der Waals surface area contributed by atoms with Gasteiger partial charge in [-0.25, -0.2) is 0 Å². The van der Waals surface area contributed by atoms with Crippen LogP contribution in [0.3, 0.4) is 0 Å². The predicted octanol–water partition coefficient (Wildman–Crippen LogP) is 5.50. The second-order valence-electron chi connectivity index (χ2n) is 10.3. The van der Waals surface area contributed by atoms with Crippen LogP contribution in [0.5, 0.6) is 28.7 Å². The molecule has 4 atom stereocenters. The number of fused-ring (bicyclic) bond motifs is 1. The molecule has 0 saturated carbocycles. The molecule has 0 saturated heterocycles. The van der Waals surface area contributed by atoms with Crippen LogP contribution in [0.25, 0.3) is 0 Å². The number of esters is 1. The van der Waals surface area contributed by atoms with Crippen molar-refractivity contribution in [1.29, 1.82) is 5.26 Å². The Bertz CT molecular complexity index is 1250. The number of carbonyl (C=O) groups excluding carboxylic acids is 1. The zero-order chi connectivity index (χ0) is 30.9. The summed E-state index contributed by atoms with van der Waals surface area (Å²) in [6.45, 7) is 5.34. The highest BCUT2D eigenvalue weighted by molar-refractivity contribution is 5.66. The average Bonchev–Trinajstić information content (AvgIpc) is 3.00. The van der Waals surface area contributed by atoms with Gasteiger partial charge in [-0.15, -0.1) is 0 Å². The molecular weight excluding hydrogens is 544 g/mol. The lowest BCUT2D eigenvalue weighted by molar-refractivity contribution is -0.536. The molecule has 2 aromatic carbocycles. The van der Waals surface area contributed by atoms with Gasteiger partial charge in [-0.3, -0.25) is 14.9 Å². The minimum Gasteiger partial charge on any atom is -0.493 e. The van der Waals surface area contributed by atoms with Crippen molar-refractivity contribution in [3.8, 4) is 34.8 Å². The Morgan fingerprint density at radius 1 is 1.12 bits per heavy atom. The van der Waals surface area contributed by atoms with Crippen LogP contribution in [-0.2, 0) is 14.9 Å². The molecule has 0 spiro atoms. The van der Waals surface area contributed by atoms with Crippen molar-refractivity contribution >= 4 is 5.97 Å². The zero-order valence-electron chi connectivity index (χ0n) is 25.1. The Kier molecular flexibility index (Phi) is 11.2. The highest BCUT2D eigenvalue weighted by atomic mass is 16.6. The van der Waals surface area contributed by atoms with Crippen molar-refractivity contribution in [3.63, 3.8) is 0 Å². The van der Waals surface area contributed by atoms with E-state index in [4.69, 9.17) is 28.4 Å². The minimum atomic E-state index is -1.29. The van der Waals surface area contributed by atoms with Gasteiger partial charge < -0.3 is 28.4 Å². The Hall–Kier alpha value is -4.20. The molecule has 0 aromatic heterocycles. The highest BCUT2D eigenvalue weighted by Gasteiger charge is 2.44. The predicted molar refractivity (Wildman–Crippen MR) is 154 cm³/mol. The van der Waals surface area contributed by atoms with Gasteiger partial charge in [0.15, 0.2) is 29.1 Å². The SMILES string of the molecule is CCC(CC)C(C#N)(CCC(OC(C)=O)C(CC1COc2ccccc2O1)[N+](=O)[O-])c1cc(OC)c(OC)c(OC)c1. The molecule has 0 radical (unpaired) electrons. The summed E-state index contributed by atoms with van der Waals surface area (Å²) >= 11 is 0. The van der Waals surface area contributed by atoms with E-state index in [-0.39, 0.29) is 31.8 Å². The fourth-order valence-corrected chi connectivity index (χ4v) is 5.86. The van der Waals surface area contributed by atoms with Crippen LogP contribution in [0.1, 0.15) is 58.4 Å². The molecule has 228 valence electrons. The Balaban J connectivity index is 1.99. The minimum absolute atomic E-state index is 0.0476. The average molecular weight is 585 g/mol. The first-order valence-electron chi connectivity index (χ1n) is 14.1. The van der Waals surface area contributed by atoms with E-state index in [2.05, 4.69) is 6.07 Å². The molecule has 0 fully saturated rings. The quantitative estimate of drug-likeness (QED) is 0.150. The molecule has 0 bridgehead atoms. The molecular formula is C31H40N2O9. The zero-order valence-corrected chi connectivity index (χ0v) is 25.1. The van der Waals surface area contributed by atoms with Crippen LogP contribution in [0.15, 0.2) is 36.4 Å². The maximum Gasteiger partial charge on any atom is 0.303 e. The number of benzene rings is 2. The summed E-state index contributed by atoms with van der Waals surface area (Å²) in [4.78, 5) is 24.1. The molecule has 0 N–H and O–H groups in total. The molecule has 1 aliphatic rings. The first kappa shape index (κ1) is 32.3. The highest BCUT2D eigenvalue weighted by Crippen LogP contribution is 2.47. The van der Waals surface area contributed by atoms with Crippen LogP contribution in [0.4, 0.5) is 0 Å². The van der Waals surface area contributed by atoms with E-state index in [0.717, 1.165) is 0 Å². The second-order valence-corrected chi connectivity index (χ2v) is 10.3. The monoisotopic (exact) mass is 584 g/mol. The number of hydrogen-bond acceptors (Lipinski definition) is 10. The third-order valence-corrected chi connectivity index (χ3v) is 7.97. The number of nitriles is 1. The second kappa shape index (κ2) is 14.6. The number of rotatable bonds is 15. The third-order valence-electron chi connectivity index (χ3n) is 7.97. The molecule has 1 aliphatic heterocycles. The maximum atomic E-state index is 12.4. The summed E-state index contributed by atoms with van der Waals surface area (Å²) < 4.78 is 33.9. The molecule has 3 rings (SSSR count). The topological polar surface area (TPSA) is 139 Å². The normalized spacial score (nSPS) is 16.9. The molecule has 0 amide bonds. The number of nitro groups is 1. The van der Waals surface area contributed by atoms with Crippen molar-refractivity contribution in [3.05, 3.63) is 52.1 Å². The Labute approximate surface area is 246 Å². The third kappa shape index (κ3) is 6.98. The van der Waals surface area contributed by atoms with Gasteiger partial charge in [0.1, 0.15) is 12.7 Å². The van der Waals surface area contributed by atoms with Crippen LogP contribution < -0.4 is 23.7 Å². The molecule has 11 heteroatoms. The summed E-state index contributed by atoms with van der Waals surface area (Å²) in [5.74, 6) is 1.48. The van der Waals surface area contributed by atoms with Crippen LogP contribution >= 0.6 is 0 Å². The fraction of sp³-hybridized carbons (Fsp3) is 0.548. The molecule has 42 heavy (non-hydrogen) atoms. The maximum absolute atomic E-state index is 12.4. The van der Waals surface area contributed by atoms with E-state index in [1.165, 1.54) is 28.3 Å². The van der Waals surface area contributed by atoms with Gasteiger partial charge in [0.25, 0.3) is 6.04 Å². The van der Waals surface area contributed by atoms with E-state index >= 15 is 0 Å². The van der Waals surface area contributed by atoms with Crippen molar-refractivity contribution in [2.75, 3.05) is 27.9 Å². The van der Waals surface area contributed by atoms with Gasteiger partial charge in [-0.1, -0.05) is 38.8 Å². The van der Waals surface area contributed by atoms with Crippen LogP contribution in [-0.4, -0.2) is 57.1 Å². The lowest BCUT2D eigenvalue weighted by Crippen LogP contribution is -2.44. The Morgan fingerprint density at radius 3 is 2.24 bits per heavy atom. The molecule has 4 unspecified atom stereocenters. The summed E-state index contributed by atoms with van der Waals surface area (Å²) in [7, 11) is 4.50. The van der Waals surface area contributed by atoms with E-state index in [1.807, 2.05) is 19.9 Å². The summed E-state index contributed by atoms with van der Waals surface area (Å²) in [6, 6.07) is 11.9. The largest absolute Gasteiger partial charge is 0.493 e. The fourth-order valence-electron chi connectivity index (χ4n) is 5.86. The first-order chi connectivity index (χ1) is 20.2. The molecule has 0 aliphatic carbocycles. The van der Waals surface area contributed by atoms with Crippen LogP contribution in [0, 0.1) is 27.4 Å². The standard InChI is InChI=1S/C31H40N2O9/c1-7-21(8-2)31(19-32,22-15-28(37-4)30(39-6)29(16-22)38-5)14-13-25(41-20(3)34)24(33(35)36)17-23-18-40-26-11-9-10-12-27(26)42-23/h9-12,15-16,21,23-25H,7-8,13-14,17-18H2,1-6H3. The molecule has 2 aromatic rings. The van der Waals surface area contributed by atoms with E-state index < -0.39 is 34.6 Å². The van der Waals surface area contributed by atoms with E-state index in [1.54, 1.807) is 30.3 Å². The van der Waals surface area contributed by atoms with Crippen LogP contribution in [0.2, 0.25) is 0 Å². The Morgan fingerprint density at radius 2 is 1.74 bits per heavy atom. The summed E-state index contributed by atoms with van der Waals surface area (Å²) in [6.07, 6.45) is -0.189. The van der Waals surface area contributed by atoms with Gasteiger partial charge in [0.2, 0.25) is 5.75 Å². The molecule has 11 nitrogen and oxygen atoms in total.